The monoisotopic (exact) mass is 270 g/mol. The Morgan fingerprint density at radius 1 is 1.20 bits per heavy atom. The summed E-state index contributed by atoms with van der Waals surface area (Å²) in [5.74, 6) is 0.448. The van der Waals surface area contributed by atoms with Gasteiger partial charge in [0.05, 0.1) is 5.56 Å². The summed E-state index contributed by atoms with van der Waals surface area (Å²) in [6.45, 7) is 3.87. The lowest BCUT2D eigenvalue weighted by molar-refractivity contribution is 0.101. The third-order valence-electron chi connectivity index (χ3n) is 3.18. The van der Waals surface area contributed by atoms with Crippen molar-refractivity contribution in [3.63, 3.8) is 0 Å². The number of aromatic hydroxyl groups is 1. The molecule has 0 aliphatic rings. The Bertz CT molecular complexity index is 603. The third-order valence-corrected chi connectivity index (χ3v) is 3.18. The Labute approximate surface area is 118 Å². The lowest BCUT2D eigenvalue weighted by Gasteiger charge is -2.13. The Balaban J connectivity index is 2.23. The van der Waals surface area contributed by atoms with Crippen molar-refractivity contribution in [2.45, 2.75) is 26.9 Å². The van der Waals surface area contributed by atoms with Gasteiger partial charge in [-0.05, 0) is 30.5 Å². The predicted octanol–water partition coefficient (Wildman–Crippen LogP) is 3.74. The topological polar surface area (TPSA) is 46.5 Å². The van der Waals surface area contributed by atoms with Crippen molar-refractivity contribution in [3.05, 3.63) is 59.2 Å². The van der Waals surface area contributed by atoms with Crippen molar-refractivity contribution >= 4 is 5.78 Å². The van der Waals surface area contributed by atoms with Crippen molar-refractivity contribution in [3.8, 4) is 11.5 Å². The summed E-state index contributed by atoms with van der Waals surface area (Å²) in [5, 5.41) is 9.88. The molecule has 2 aromatic carbocycles. The minimum absolute atomic E-state index is 0.0299. The fourth-order valence-corrected chi connectivity index (χ4v) is 2.04. The van der Waals surface area contributed by atoms with E-state index in [0.717, 1.165) is 17.5 Å². The van der Waals surface area contributed by atoms with Gasteiger partial charge in [0.25, 0.3) is 0 Å². The Morgan fingerprint density at radius 3 is 2.50 bits per heavy atom. The highest BCUT2D eigenvalue weighted by Gasteiger charge is 2.12. The van der Waals surface area contributed by atoms with Gasteiger partial charge < -0.3 is 9.84 Å². The smallest absolute Gasteiger partial charge is 0.163 e. The van der Waals surface area contributed by atoms with Crippen LogP contribution in [0.4, 0.5) is 0 Å². The first-order valence-corrected chi connectivity index (χ1v) is 6.65. The standard InChI is InChI=1S/C17H18O3/c1-3-14-9-15(12(2)18)16(19)10-17(14)20-11-13-7-5-4-6-8-13/h4-10,19H,3,11H2,1-2H3. The van der Waals surface area contributed by atoms with Crippen LogP contribution in [0.3, 0.4) is 0 Å². The van der Waals surface area contributed by atoms with Crippen LogP contribution in [0, 0.1) is 0 Å². The number of ether oxygens (including phenoxy) is 1. The number of hydrogen-bond acceptors (Lipinski definition) is 3. The average Bonchev–Trinajstić information content (AvgIpc) is 2.46. The van der Waals surface area contributed by atoms with E-state index >= 15 is 0 Å². The van der Waals surface area contributed by atoms with Gasteiger partial charge in [-0.2, -0.15) is 0 Å². The maximum atomic E-state index is 11.4. The minimum Gasteiger partial charge on any atom is -0.507 e. The second-order valence-electron chi connectivity index (χ2n) is 4.66. The zero-order chi connectivity index (χ0) is 14.5. The molecule has 0 aliphatic carbocycles. The SMILES string of the molecule is CCc1cc(C(C)=O)c(O)cc1OCc1ccccc1. The van der Waals surface area contributed by atoms with Crippen molar-refractivity contribution in [2.75, 3.05) is 0 Å². The van der Waals surface area contributed by atoms with Crippen molar-refractivity contribution in [1.82, 2.24) is 0 Å². The summed E-state index contributed by atoms with van der Waals surface area (Å²) >= 11 is 0. The average molecular weight is 270 g/mol. The molecular formula is C17H18O3. The highest BCUT2D eigenvalue weighted by molar-refractivity contribution is 5.97. The molecule has 1 N–H and O–H groups in total. The molecule has 0 aliphatic heterocycles. The molecule has 0 radical (unpaired) electrons. The van der Waals surface area contributed by atoms with Gasteiger partial charge in [0, 0.05) is 6.07 Å². The molecule has 0 unspecified atom stereocenters. The zero-order valence-electron chi connectivity index (χ0n) is 11.7. The van der Waals surface area contributed by atoms with Crippen molar-refractivity contribution < 1.29 is 14.6 Å². The summed E-state index contributed by atoms with van der Waals surface area (Å²) < 4.78 is 5.76. The first-order chi connectivity index (χ1) is 9.61. The van der Waals surface area contributed by atoms with E-state index in [1.807, 2.05) is 37.3 Å². The number of hydrogen-bond donors (Lipinski definition) is 1. The number of benzene rings is 2. The van der Waals surface area contributed by atoms with E-state index in [4.69, 9.17) is 4.74 Å². The van der Waals surface area contributed by atoms with Gasteiger partial charge in [0.2, 0.25) is 0 Å². The van der Waals surface area contributed by atoms with Crippen LogP contribution in [0.1, 0.15) is 35.3 Å². The van der Waals surface area contributed by atoms with Crippen LogP contribution < -0.4 is 4.74 Å². The zero-order valence-corrected chi connectivity index (χ0v) is 11.7. The molecule has 0 fully saturated rings. The van der Waals surface area contributed by atoms with Crippen LogP contribution in [0.2, 0.25) is 0 Å². The Hall–Kier alpha value is -2.29. The van der Waals surface area contributed by atoms with E-state index in [2.05, 4.69) is 0 Å². The van der Waals surface area contributed by atoms with Gasteiger partial charge in [0.15, 0.2) is 5.78 Å². The van der Waals surface area contributed by atoms with E-state index in [1.165, 1.54) is 13.0 Å². The van der Waals surface area contributed by atoms with Crippen LogP contribution >= 0.6 is 0 Å². The number of phenolic OH excluding ortho intramolecular Hbond substituents is 1. The molecule has 0 bridgehead atoms. The van der Waals surface area contributed by atoms with Gasteiger partial charge in [-0.15, -0.1) is 0 Å². The van der Waals surface area contributed by atoms with Crippen LogP contribution in [0.5, 0.6) is 11.5 Å². The number of aryl methyl sites for hydroxylation is 1. The van der Waals surface area contributed by atoms with Crippen molar-refractivity contribution in [1.29, 1.82) is 0 Å². The second-order valence-corrected chi connectivity index (χ2v) is 4.66. The molecule has 2 aromatic rings. The van der Waals surface area contributed by atoms with Crippen LogP contribution in [-0.2, 0) is 13.0 Å². The molecule has 3 nitrogen and oxygen atoms in total. The molecule has 3 heteroatoms. The number of rotatable bonds is 5. The molecule has 2 rings (SSSR count). The van der Waals surface area contributed by atoms with Crippen LogP contribution in [0.15, 0.2) is 42.5 Å². The van der Waals surface area contributed by atoms with Crippen LogP contribution in [0.25, 0.3) is 0 Å². The number of phenols is 1. The minimum atomic E-state index is -0.146. The fourth-order valence-electron chi connectivity index (χ4n) is 2.04. The third kappa shape index (κ3) is 3.18. The summed E-state index contributed by atoms with van der Waals surface area (Å²) in [4.78, 5) is 11.4. The number of carbonyl (C=O) groups is 1. The summed E-state index contributed by atoms with van der Waals surface area (Å²) in [6, 6.07) is 13.1. The van der Waals surface area contributed by atoms with E-state index in [-0.39, 0.29) is 11.5 Å². The predicted molar refractivity (Wildman–Crippen MR) is 78.3 cm³/mol. The molecule has 20 heavy (non-hydrogen) atoms. The van der Waals surface area contributed by atoms with Crippen LogP contribution in [-0.4, -0.2) is 10.9 Å². The normalized spacial score (nSPS) is 10.3. The molecule has 0 heterocycles. The van der Waals surface area contributed by atoms with Gasteiger partial charge in [-0.3, -0.25) is 4.79 Å². The van der Waals surface area contributed by atoms with E-state index in [9.17, 15) is 9.90 Å². The summed E-state index contributed by atoms with van der Waals surface area (Å²) in [6.07, 6.45) is 0.741. The van der Waals surface area contributed by atoms with Gasteiger partial charge in [-0.25, -0.2) is 0 Å². The quantitative estimate of drug-likeness (QED) is 0.842. The first-order valence-electron chi connectivity index (χ1n) is 6.65. The molecule has 0 saturated heterocycles. The summed E-state index contributed by atoms with van der Waals surface area (Å²) in [5.41, 5.74) is 2.32. The van der Waals surface area contributed by atoms with E-state index in [1.54, 1.807) is 6.07 Å². The molecule has 0 amide bonds. The lowest BCUT2D eigenvalue weighted by atomic mass is 10.0. The molecule has 0 aromatic heterocycles. The lowest BCUT2D eigenvalue weighted by Crippen LogP contribution is -2.01. The van der Waals surface area contributed by atoms with E-state index in [0.29, 0.717) is 17.9 Å². The first kappa shape index (κ1) is 14.1. The highest BCUT2D eigenvalue weighted by atomic mass is 16.5. The van der Waals surface area contributed by atoms with Gasteiger partial charge in [-0.1, -0.05) is 37.3 Å². The largest absolute Gasteiger partial charge is 0.507 e. The van der Waals surface area contributed by atoms with Crippen molar-refractivity contribution in [2.24, 2.45) is 0 Å². The molecular weight excluding hydrogens is 252 g/mol. The molecule has 0 spiro atoms. The van der Waals surface area contributed by atoms with E-state index < -0.39 is 0 Å². The highest BCUT2D eigenvalue weighted by Crippen LogP contribution is 2.29. The molecule has 0 atom stereocenters. The maximum absolute atomic E-state index is 11.4. The van der Waals surface area contributed by atoms with Gasteiger partial charge >= 0.3 is 0 Å². The number of carbonyl (C=O) groups excluding carboxylic acids is 1. The Morgan fingerprint density at radius 2 is 1.90 bits per heavy atom. The fraction of sp³-hybridized carbons (Fsp3) is 0.235. The molecule has 104 valence electrons. The second kappa shape index (κ2) is 6.24. The van der Waals surface area contributed by atoms with Gasteiger partial charge in [0.1, 0.15) is 18.1 Å². The summed E-state index contributed by atoms with van der Waals surface area (Å²) in [7, 11) is 0. The maximum Gasteiger partial charge on any atom is 0.163 e. The molecule has 0 saturated carbocycles. The number of Topliss-reactive ketones (excluding diaryl/α,β-unsaturated/α-hetero) is 1. The Kier molecular flexibility index (Phi) is 4.41. The number of ketones is 1.